The van der Waals surface area contributed by atoms with Crippen LogP contribution in [0.25, 0.3) is 0 Å². The van der Waals surface area contributed by atoms with Crippen molar-refractivity contribution in [3.63, 3.8) is 0 Å². The van der Waals surface area contributed by atoms with Gasteiger partial charge in [0.25, 0.3) is 11.8 Å². The van der Waals surface area contributed by atoms with Crippen molar-refractivity contribution in [2.24, 2.45) is 0 Å². The first-order chi connectivity index (χ1) is 10.8. The highest BCUT2D eigenvalue weighted by molar-refractivity contribution is 6.21. The Morgan fingerprint density at radius 1 is 0.864 bits per heavy atom. The van der Waals surface area contributed by atoms with Crippen LogP contribution in [-0.2, 0) is 0 Å². The average molecular weight is 302 g/mol. The van der Waals surface area contributed by atoms with Gasteiger partial charge in [-0.1, -0.05) is 38.3 Å². The van der Waals surface area contributed by atoms with Gasteiger partial charge < -0.3 is 5.32 Å². The molecule has 0 aromatic heterocycles. The van der Waals surface area contributed by atoms with Crippen LogP contribution in [0.15, 0.2) is 24.3 Å². The summed E-state index contributed by atoms with van der Waals surface area (Å²) in [5.41, 5.74) is 1.10. The molecule has 0 saturated heterocycles. The fourth-order valence-electron chi connectivity index (χ4n) is 2.74. The monoisotopic (exact) mass is 302 g/mol. The van der Waals surface area contributed by atoms with E-state index in [2.05, 4.69) is 12.2 Å². The molecule has 2 amide bonds. The lowest BCUT2D eigenvalue weighted by Gasteiger charge is -2.13. The van der Waals surface area contributed by atoms with E-state index in [4.69, 9.17) is 0 Å². The van der Waals surface area contributed by atoms with Crippen LogP contribution >= 0.6 is 0 Å². The Hall–Kier alpha value is -1.68. The molecule has 1 aromatic carbocycles. The van der Waals surface area contributed by atoms with Gasteiger partial charge in [-0.05, 0) is 44.5 Å². The molecular formula is C18H26N2O2. The maximum absolute atomic E-state index is 12.2. The smallest absolute Gasteiger partial charge is 0.261 e. The molecule has 0 radical (unpaired) electrons. The highest BCUT2D eigenvalue weighted by Gasteiger charge is 2.34. The van der Waals surface area contributed by atoms with Gasteiger partial charge in [-0.25, -0.2) is 0 Å². The number of benzene rings is 1. The van der Waals surface area contributed by atoms with Crippen LogP contribution in [0.4, 0.5) is 0 Å². The van der Waals surface area contributed by atoms with Crippen LogP contribution in [0.3, 0.4) is 0 Å². The van der Waals surface area contributed by atoms with Gasteiger partial charge in [-0.15, -0.1) is 0 Å². The number of imide groups is 1. The van der Waals surface area contributed by atoms with Crippen molar-refractivity contribution in [3.05, 3.63) is 35.4 Å². The zero-order valence-electron chi connectivity index (χ0n) is 13.4. The van der Waals surface area contributed by atoms with Crippen LogP contribution < -0.4 is 5.32 Å². The Labute approximate surface area is 132 Å². The number of carbonyl (C=O) groups excluding carboxylic acids is 2. The largest absolute Gasteiger partial charge is 0.317 e. The first-order valence-corrected chi connectivity index (χ1v) is 8.41. The molecule has 22 heavy (non-hydrogen) atoms. The topological polar surface area (TPSA) is 49.4 Å². The number of unbranched alkanes of at least 4 members (excludes halogenated alkanes) is 4. The third-order valence-electron chi connectivity index (χ3n) is 4.07. The van der Waals surface area contributed by atoms with Crippen molar-refractivity contribution in [3.8, 4) is 0 Å². The third-order valence-corrected chi connectivity index (χ3v) is 4.07. The van der Waals surface area contributed by atoms with Crippen molar-refractivity contribution in [1.29, 1.82) is 0 Å². The van der Waals surface area contributed by atoms with Gasteiger partial charge in [0.05, 0.1) is 11.1 Å². The van der Waals surface area contributed by atoms with Crippen LogP contribution in [0.1, 0.15) is 66.2 Å². The molecule has 1 aliphatic rings. The van der Waals surface area contributed by atoms with Crippen LogP contribution in [-0.4, -0.2) is 36.3 Å². The first-order valence-electron chi connectivity index (χ1n) is 8.41. The van der Waals surface area contributed by atoms with Gasteiger partial charge in [0, 0.05) is 6.54 Å². The zero-order chi connectivity index (χ0) is 15.8. The normalized spacial score (nSPS) is 13.8. The van der Waals surface area contributed by atoms with Crippen LogP contribution in [0, 0.1) is 0 Å². The summed E-state index contributed by atoms with van der Waals surface area (Å²) >= 11 is 0. The second kappa shape index (κ2) is 8.69. The summed E-state index contributed by atoms with van der Waals surface area (Å²) in [6.07, 6.45) is 6.71. The average Bonchev–Trinajstić information content (AvgIpc) is 2.78. The number of fused-ring (bicyclic) bond motifs is 1. The van der Waals surface area contributed by atoms with Gasteiger partial charge in [0.15, 0.2) is 0 Å². The molecule has 0 aliphatic carbocycles. The Balaban J connectivity index is 1.63. The number of rotatable bonds is 10. The molecule has 0 saturated carbocycles. The Morgan fingerprint density at radius 2 is 1.45 bits per heavy atom. The fourth-order valence-corrected chi connectivity index (χ4v) is 2.74. The molecule has 1 aromatic rings. The minimum atomic E-state index is -0.137. The SMILES string of the molecule is CCCCNCCCCCCN1C(=O)c2ccccc2C1=O. The van der Waals surface area contributed by atoms with Crippen molar-refractivity contribution in [1.82, 2.24) is 10.2 Å². The van der Waals surface area contributed by atoms with Crippen molar-refractivity contribution in [2.75, 3.05) is 19.6 Å². The lowest BCUT2D eigenvalue weighted by atomic mass is 10.1. The molecule has 0 spiro atoms. The van der Waals surface area contributed by atoms with E-state index in [9.17, 15) is 9.59 Å². The standard InChI is InChI=1S/C18H26N2O2/c1-2-3-12-19-13-8-4-5-9-14-20-17(21)15-10-6-7-11-16(15)18(20)22/h6-7,10-11,19H,2-5,8-9,12-14H2,1H3. The Kier molecular flexibility index (Phi) is 6.59. The molecule has 4 nitrogen and oxygen atoms in total. The van der Waals surface area contributed by atoms with Crippen molar-refractivity contribution < 1.29 is 9.59 Å². The van der Waals surface area contributed by atoms with E-state index in [0.29, 0.717) is 17.7 Å². The van der Waals surface area contributed by atoms with E-state index in [1.165, 1.54) is 17.7 Å². The molecule has 0 atom stereocenters. The van der Waals surface area contributed by atoms with Gasteiger partial charge in [-0.2, -0.15) is 0 Å². The number of nitrogens with one attached hydrogen (secondary N) is 1. The molecule has 0 bridgehead atoms. The maximum Gasteiger partial charge on any atom is 0.261 e. The molecule has 2 rings (SSSR count). The molecule has 1 aliphatic heterocycles. The predicted octanol–water partition coefficient (Wildman–Crippen LogP) is 3.23. The summed E-state index contributed by atoms with van der Waals surface area (Å²) in [7, 11) is 0. The molecule has 4 heteroatoms. The molecule has 1 N–H and O–H groups in total. The van der Waals surface area contributed by atoms with Gasteiger partial charge in [-0.3, -0.25) is 14.5 Å². The second-order valence-corrected chi connectivity index (χ2v) is 5.83. The number of nitrogens with zero attached hydrogens (tertiary/aromatic N) is 1. The maximum atomic E-state index is 12.2. The quantitative estimate of drug-likeness (QED) is 0.533. The van der Waals surface area contributed by atoms with Crippen molar-refractivity contribution >= 4 is 11.8 Å². The lowest BCUT2D eigenvalue weighted by Crippen LogP contribution is -2.30. The summed E-state index contributed by atoms with van der Waals surface area (Å²) < 4.78 is 0. The molecular weight excluding hydrogens is 276 g/mol. The fraction of sp³-hybridized carbons (Fsp3) is 0.556. The number of amides is 2. The van der Waals surface area contributed by atoms with E-state index in [1.807, 2.05) is 0 Å². The second-order valence-electron chi connectivity index (χ2n) is 5.83. The molecule has 0 unspecified atom stereocenters. The first kappa shape index (κ1) is 16.7. The lowest BCUT2D eigenvalue weighted by molar-refractivity contribution is 0.0651. The van der Waals surface area contributed by atoms with Gasteiger partial charge in [0.2, 0.25) is 0 Å². The summed E-state index contributed by atoms with van der Waals surface area (Å²) in [6.45, 7) is 4.90. The minimum Gasteiger partial charge on any atom is -0.317 e. The third kappa shape index (κ3) is 4.17. The summed E-state index contributed by atoms with van der Waals surface area (Å²) in [5.74, 6) is -0.274. The number of carbonyl (C=O) groups is 2. The van der Waals surface area contributed by atoms with Gasteiger partial charge in [0.1, 0.15) is 0 Å². The highest BCUT2D eigenvalue weighted by atomic mass is 16.2. The number of hydrogen-bond acceptors (Lipinski definition) is 3. The summed E-state index contributed by atoms with van der Waals surface area (Å²) in [5, 5.41) is 3.43. The summed E-state index contributed by atoms with van der Waals surface area (Å²) in [6, 6.07) is 7.08. The molecule has 1 heterocycles. The predicted molar refractivity (Wildman–Crippen MR) is 88.1 cm³/mol. The Morgan fingerprint density at radius 3 is 2.09 bits per heavy atom. The van der Waals surface area contributed by atoms with Crippen molar-refractivity contribution in [2.45, 2.75) is 45.4 Å². The molecule has 120 valence electrons. The van der Waals surface area contributed by atoms with Crippen LogP contribution in [0.2, 0.25) is 0 Å². The molecule has 0 fully saturated rings. The van der Waals surface area contributed by atoms with Crippen LogP contribution in [0.5, 0.6) is 0 Å². The van der Waals surface area contributed by atoms with Gasteiger partial charge >= 0.3 is 0 Å². The van der Waals surface area contributed by atoms with E-state index < -0.39 is 0 Å². The summed E-state index contributed by atoms with van der Waals surface area (Å²) in [4.78, 5) is 25.7. The van der Waals surface area contributed by atoms with E-state index in [0.717, 1.165) is 38.8 Å². The Bertz CT molecular complexity index is 479. The minimum absolute atomic E-state index is 0.137. The zero-order valence-corrected chi connectivity index (χ0v) is 13.4. The van der Waals surface area contributed by atoms with E-state index in [1.54, 1.807) is 24.3 Å². The van der Waals surface area contributed by atoms with E-state index in [-0.39, 0.29) is 11.8 Å². The highest BCUT2D eigenvalue weighted by Crippen LogP contribution is 2.22. The van der Waals surface area contributed by atoms with E-state index >= 15 is 0 Å². The number of hydrogen-bond donors (Lipinski definition) is 1.